The second-order valence-electron chi connectivity index (χ2n) is 17.9. The van der Waals surface area contributed by atoms with Crippen LogP contribution in [0.25, 0.3) is 0 Å². The quantitative estimate of drug-likeness (QED) is 0.0346. The number of hydrogen-bond donors (Lipinski definition) is 0. The third-order valence-electron chi connectivity index (χ3n) is 11.5. The van der Waals surface area contributed by atoms with Gasteiger partial charge < -0.3 is 14.2 Å². The summed E-state index contributed by atoms with van der Waals surface area (Å²) in [4.78, 5) is 37.8. The second kappa shape index (κ2) is 45.5. The van der Waals surface area contributed by atoms with E-state index < -0.39 is 6.10 Å². The minimum atomic E-state index is -0.760. The van der Waals surface area contributed by atoms with Gasteiger partial charge in [-0.1, -0.05) is 246 Å². The van der Waals surface area contributed by atoms with Gasteiger partial charge in [0.1, 0.15) is 13.2 Å². The Morgan fingerprint density at radius 2 is 0.579 bits per heavy atom. The summed E-state index contributed by atoms with van der Waals surface area (Å²) in [6, 6.07) is 0. The molecule has 0 saturated heterocycles. The van der Waals surface area contributed by atoms with E-state index in [-0.39, 0.29) is 31.1 Å². The Labute approximate surface area is 355 Å². The fourth-order valence-electron chi connectivity index (χ4n) is 7.69. The Morgan fingerprint density at radius 1 is 0.333 bits per heavy atom. The maximum Gasteiger partial charge on any atom is 0.306 e. The van der Waals surface area contributed by atoms with Gasteiger partial charge in [0.2, 0.25) is 0 Å². The number of hydrogen-bond acceptors (Lipinski definition) is 6. The van der Waals surface area contributed by atoms with Crippen LogP contribution in [-0.4, -0.2) is 37.2 Å². The van der Waals surface area contributed by atoms with Crippen LogP contribution in [0.2, 0.25) is 0 Å². The number of unbranched alkanes of at least 4 members (excludes halogenated alkanes) is 33. The van der Waals surface area contributed by atoms with E-state index in [1.165, 1.54) is 180 Å². The molecule has 0 aromatic rings. The number of rotatable bonds is 46. The van der Waals surface area contributed by atoms with Crippen molar-refractivity contribution in [2.45, 2.75) is 291 Å². The predicted molar refractivity (Wildman–Crippen MR) is 243 cm³/mol. The van der Waals surface area contributed by atoms with E-state index in [0.717, 1.165) is 63.7 Å². The zero-order valence-electron chi connectivity index (χ0n) is 38.8. The van der Waals surface area contributed by atoms with E-state index >= 15 is 0 Å². The lowest BCUT2D eigenvalue weighted by Crippen LogP contribution is -2.30. The minimum absolute atomic E-state index is 0.0634. The van der Waals surface area contributed by atoms with Gasteiger partial charge in [-0.2, -0.15) is 0 Å². The smallest absolute Gasteiger partial charge is 0.306 e. The van der Waals surface area contributed by atoms with Crippen molar-refractivity contribution in [3.8, 4) is 0 Å². The third kappa shape index (κ3) is 45.3. The van der Waals surface area contributed by atoms with Gasteiger partial charge in [0.05, 0.1) is 0 Å². The second-order valence-corrected chi connectivity index (χ2v) is 17.9. The lowest BCUT2D eigenvalue weighted by Gasteiger charge is -2.18. The molecule has 0 aromatic carbocycles. The van der Waals surface area contributed by atoms with Crippen LogP contribution < -0.4 is 0 Å². The van der Waals surface area contributed by atoms with Gasteiger partial charge in [-0.05, 0) is 25.2 Å². The molecule has 0 aliphatic rings. The van der Waals surface area contributed by atoms with Crippen molar-refractivity contribution in [2.24, 2.45) is 5.92 Å². The highest BCUT2D eigenvalue weighted by Gasteiger charge is 2.19. The summed E-state index contributed by atoms with van der Waals surface area (Å²) in [6.45, 7) is 8.99. The molecule has 0 aliphatic carbocycles. The van der Waals surface area contributed by atoms with E-state index in [1.807, 2.05) is 0 Å². The van der Waals surface area contributed by atoms with Gasteiger partial charge in [-0.25, -0.2) is 0 Å². The molecule has 338 valence electrons. The molecule has 0 amide bonds. The van der Waals surface area contributed by atoms with E-state index in [0.29, 0.717) is 19.3 Å². The topological polar surface area (TPSA) is 78.9 Å². The Bertz CT molecular complexity index is 857. The summed E-state index contributed by atoms with van der Waals surface area (Å²) in [5.41, 5.74) is 0. The zero-order chi connectivity index (χ0) is 41.7. The van der Waals surface area contributed by atoms with Gasteiger partial charge in [0.25, 0.3) is 0 Å². The first-order valence-corrected chi connectivity index (χ1v) is 25.4. The van der Waals surface area contributed by atoms with Crippen LogP contribution in [0.3, 0.4) is 0 Å². The molecule has 0 N–H and O–H groups in total. The Kier molecular flexibility index (Phi) is 44.2. The van der Waals surface area contributed by atoms with E-state index in [9.17, 15) is 14.4 Å². The predicted octanol–water partition coefficient (Wildman–Crippen LogP) is 16.3. The van der Waals surface area contributed by atoms with Crippen molar-refractivity contribution in [2.75, 3.05) is 13.2 Å². The molecule has 57 heavy (non-hydrogen) atoms. The SMILES string of the molecule is CCCCCCCCCCCCCCCCCCCC(=O)O[C@@H](COC(=O)CCCCCCCCCCCC)COC(=O)CCCCCCCCCCCC(C)C. The molecule has 6 nitrogen and oxygen atoms in total. The van der Waals surface area contributed by atoms with Crippen LogP contribution in [-0.2, 0) is 28.6 Å². The standard InChI is InChI=1S/C51H98O6/c1-5-7-9-11-13-15-17-18-19-20-21-22-23-27-32-36-40-44-51(54)57-48(45-55-49(52)42-38-34-30-26-16-14-12-10-8-6-2)46-56-50(53)43-39-35-31-28-24-25-29-33-37-41-47(3)4/h47-48H,5-46H2,1-4H3/t48-/m0/s1. The van der Waals surface area contributed by atoms with E-state index in [1.54, 1.807) is 0 Å². The maximum atomic E-state index is 12.8. The summed E-state index contributed by atoms with van der Waals surface area (Å²) in [7, 11) is 0. The molecule has 0 bridgehead atoms. The summed E-state index contributed by atoms with van der Waals surface area (Å²) in [5, 5.41) is 0. The van der Waals surface area contributed by atoms with Crippen LogP contribution in [0.15, 0.2) is 0 Å². The van der Waals surface area contributed by atoms with E-state index in [2.05, 4.69) is 27.7 Å². The van der Waals surface area contributed by atoms with Crippen molar-refractivity contribution in [3.05, 3.63) is 0 Å². The van der Waals surface area contributed by atoms with Gasteiger partial charge in [-0.3, -0.25) is 14.4 Å². The lowest BCUT2D eigenvalue weighted by molar-refractivity contribution is -0.167. The summed E-state index contributed by atoms with van der Waals surface area (Å²) in [6.07, 6.45) is 46.6. The molecule has 0 heterocycles. The van der Waals surface area contributed by atoms with Crippen molar-refractivity contribution in [3.63, 3.8) is 0 Å². The Morgan fingerprint density at radius 3 is 0.860 bits per heavy atom. The number of carbonyl (C=O) groups excluding carboxylic acids is 3. The highest BCUT2D eigenvalue weighted by molar-refractivity contribution is 5.71. The van der Waals surface area contributed by atoms with Crippen LogP contribution in [0.1, 0.15) is 285 Å². The fraction of sp³-hybridized carbons (Fsp3) is 0.941. The normalized spacial score (nSPS) is 11.9. The van der Waals surface area contributed by atoms with Gasteiger partial charge >= 0.3 is 17.9 Å². The Hall–Kier alpha value is -1.59. The van der Waals surface area contributed by atoms with Crippen LogP contribution in [0.4, 0.5) is 0 Å². The molecule has 0 rings (SSSR count). The van der Waals surface area contributed by atoms with Crippen LogP contribution in [0, 0.1) is 5.92 Å². The highest BCUT2D eigenvalue weighted by Crippen LogP contribution is 2.17. The molecule has 0 fully saturated rings. The summed E-state index contributed by atoms with van der Waals surface area (Å²) < 4.78 is 16.8. The average molecular weight is 807 g/mol. The van der Waals surface area contributed by atoms with Crippen LogP contribution >= 0.6 is 0 Å². The number of carbonyl (C=O) groups is 3. The van der Waals surface area contributed by atoms with Crippen LogP contribution in [0.5, 0.6) is 0 Å². The molecule has 0 saturated carbocycles. The molecule has 6 heteroatoms. The molecule has 0 aliphatic heterocycles. The largest absolute Gasteiger partial charge is 0.462 e. The highest BCUT2D eigenvalue weighted by atomic mass is 16.6. The summed E-state index contributed by atoms with van der Waals surface area (Å²) in [5.74, 6) is -0.0399. The molecular formula is C51H98O6. The van der Waals surface area contributed by atoms with Crippen molar-refractivity contribution < 1.29 is 28.6 Å². The number of esters is 3. The first-order valence-electron chi connectivity index (χ1n) is 25.4. The minimum Gasteiger partial charge on any atom is -0.462 e. The molecule has 0 spiro atoms. The van der Waals surface area contributed by atoms with E-state index in [4.69, 9.17) is 14.2 Å². The van der Waals surface area contributed by atoms with Crippen molar-refractivity contribution in [1.82, 2.24) is 0 Å². The first kappa shape index (κ1) is 55.4. The molecule has 0 aromatic heterocycles. The lowest BCUT2D eigenvalue weighted by atomic mass is 10.0. The monoisotopic (exact) mass is 807 g/mol. The number of ether oxygens (including phenoxy) is 3. The molecule has 1 atom stereocenters. The average Bonchev–Trinajstić information content (AvgIpc) is 3.19. The van der Waals surface area contributed by atoms with Crippen molar-refractivity contribution >= 4 is 17.9 Å². The molecule has 0 radical (unpaired) electrons. The van der Waals surface area contributed by atoms with Crippen molar-refractivity contribution in [1.29, 1.82) is 0 Å². The maximum absolute atomic E-state index is 12.8. The molecule has 0 unspecified atom stereocenters. The third-order valence-corrected chi connectivity index (χ3v) is 11.5. The zero-order valence-corrected chi connectivity index (χ0v) is 38.8. The fourth-order valence-corrected chi connectivity index (χ4v) is 7.69. The summed E-state index contributed by atoms with van der Waals surface area (Å²) >= 11 is 0. The first-order chi connectivity index (χ1) is 27.9. The van der Waals surface area contributed by atoms with Gasteiger partial charge in [0, 0.05) is 19.3 Å². The Balaban J connectivity index is 4.28. The van der Waals surface area contributed by atoms with Gasteiger partial charge in [0.15, 0.2) is 6.10 Å². The molecular weight excluding hydrogens is 709 g/mol. The van der Waals surface area contributed by atoms with Gasteiger partial charge in [-0.15, -0.1) is 0 Å².